The van der Waals surface area contributed by atoms with Crippen molar-refractivity contribution in [3.63, 3.8) is 0 Å². The van der Waals surface area contributed by atoms with Crippen LogP contribution < -0.4 is 4.43 Å². The zero-order valence-corrected chi connectivity index (χ0v) is 11.5. The van der Waals surface area contributed by atoms with Crippen LogP contribution in [0.3, 0.4) is 0 Å². The van der Waals surface area contributed by atoms with Gasteiger partial charge in [-0.1, -0.05) is 6.07 Å². The molecule has 0 fully saturated rings. The zero-order chi connectivity index (χ0) is 13.9. The molecule has 0 atom stereocenters. The zero-order valence-electron chi connectivity index (χ0n) is 10.5. The summed E-state index contributed by atoms with van der Waals surface area (Å²) >= 11 is 0. The van der Waals surface area contributed by atoms with Gasteiger partial charge in [0.25, 0.3) is 0 Å². The first-order valence-corrected chi connectivity index (χ1v) is 8.78. The number of hydrogen-bond acceptors (Lipinski definition) is 4. The third kappa shape index (κ3) is 4.17. The van der Waals surface area contributed by atoms with Crippen LogP contribution in [0.25, 0.3) is 0 Å². The summed E-state index contributed by atoms with van der Waals surface area (Å²) in [6.07, 6.45) is -0.242. The quantitative estimate of drug-likeness (QED) is 0.503. The molecule has 1 N–H and O–H groups in total. The molecule has 0 saturated heterocycles. The second kappa shape index (κ2) is 5.17. The van der Waals surface area contributed by atoms with Crippen molar-refractivity contribution >= 4 is 20.0 Å². The fraction of sp³-hybridized carbons (Fsp3) is 0.364. The summed E-state index contributed by atoms with van der Waals surface area (Å²) in [4.78, 5) is 21.0. The Morgan fingerprint density at radius 1 is 1.44 bits per heavy atom. The van der Waals surface area contributed by atoms with Gasteiger partial charge in [-0.15, -0.1) is 0 Å². The van der Waals surface area contributed by atoms with Crippen LogP contribution in [0.15, 0.2) is 18.2 Å². The molecule has 0 heterocycles. The van der Waals surface area contributed by atoms with Gasteiger partial charge in [-0.3, -0.25) is 14.9 Å². The summed E-state index contributed by atoms with van der Waals surface area (Å²) in [6, 6.07) is 4.26. The van der Waals surface area contributed by atoms with Gasteiger partial charge in [-0.2, -0.15) is 0 Å². The van der Waals surface area contributed by atoms with Crippen molar-refractivity contribution in [2.75, 3.05) is 0 Å². The fourth-order valence-electron chi connectivity index (χ4n) is 1.41. The van der Waals surface area contributed by atoms with E-state index < -0.39 is 19.2 Å². The molecule has 0 aliphatic heterocycles. The van der Waals surface area contributed by atoms with Crippen molar-refractivity contribution < 1.29 is 19.3 Å². The van der Waals surface area contributed by atoms with Crippen molar-refractivity contribution in [2.45, 2.75) is 26.1 Å². The molecule has 0 spiro atoms. The molecule has 1 aromatic rings. The van der Waals surface area contributed by atoms with E-state index in [-0.39, 0.29) is 17.9 Å². The molecule has 0 amide bonds. The smallest absolute Gasteiger partial charge is 0.309 e. The summed E-state index contributed by atoms with van der Waals surface area (Å²) in [5.74, 6) is -0.823. The van der Waals surface area contributed by atoms with Gasteiger partial charge in [0.2, 0.25) is 8.32 Å². The summed E-state index contributed by atoms with van der Waals surface area (Å²) in [6.45, 7) is 5.76. The monoisotopic (exact) mass is 269 g/mol. The van der Waals surface area contributed by atoms with Gasteiger partial charge < -0.3 is 9.53 Å². The van der Waals surface area contributed by atoms with Gasteiger partial charge in [0, 0.05) is 6.07 Å². The van der Waals surface area contributed by atoms with Gasteiger partial charge in [0.05, 0.1) is 11.3 Å². The molecule has 18 heavy (non-hydrogen) atoms. The third-order valence-corrected chi connectivity index (χ3v) is 2.82. The second-order valence-corrected chi connectivity index (χ2v) is 9.27. The summed E-state index contributed by atoms with van der Waals surface area (Å²) in [5.41, 5.74) is 0.202. The van der Waals surface area contributed by atoms with E-state index in [9.17, 15) is 14.9 Å². The molecule has 0 bridgehead atoms. The lowest BCUT2D eigenvalue weighted by molar-refractivity contribution is -0.385. The minimum atomic E-state index is -1.95. The van der Waals surface area contributed by atoms with Crippen LogP contribution in [0.5, 0.6) is 5.75 Å². The molecule has 0 aromatic heterocycles. The van der Waals surface area contributed by atoms with Gasteiger partial charge in [0.1, 0.15) is 0 Å². The first-order valence-electron chi connectivity index (χ1n) is 5.37. The molecule has 7 heteroatoms. The van der Waals surface area contributed by atoms with Crippen molar-refractivity contribution in [1.82, 2.24) is 0 Å². The van der Waals surface area contributed by atoms with E-state index in [0.29, 0.717) is 5.56 Å². The third-order valence-electron chi connectivity index (χ3n) is 1.99. The number of hydrogen-bond donors (Lipinski definition) is 1. The van der Waals surface area contributed by atoms with Crippen LogP contribution in [0.1, 0.15) is 5.56 Å². The topological polar surface area (TPSA) is 89.7 Å². The normalized spacial score (nSPS) is 11.1. The van der Waals surface area contributed by atoms with Crippen LogP contribution in [0.2, 0.25) is 19.6 Å². The highest BCUT2D eigenvalue weighted by Gasteiger charge is 2.23. The highest BCUT2D eigenvalue weighted by molar-refractivity contribution is 6.70. The Morgan fingerprint density at radius 2 is 2.06 bits per heavy atom. The fourth-order valence-corrected chi connectivity index (χ4v) is 2.24. The highest BCUT2D eigenvalue weighted by Crippen LogP contribution is 2.30. The first-order chi connectivity index (χ1) is 8.19. The largest absolute Gasteiger partial charge is 0.540 e. The van der Waals surface area contributed by atoms with Crippen molar-refractivity contribution in [3.8, 4) is 5.75 Å². The Hall–Kier alpha value is -1.89. The lowest BCUT2D eigenvalue weighted by atomic mass is 10.1. The van der Waals surface area contributed by atoms with Crippen LogP contribution in [-0.4, -0.2) is 24.3 Å². The Balaban J connectivity index is 3.12. The van der Waals surface area contributed by atoms with Crippen molar-refractivity contribution in [1.29, 1.82) is 0 Å². The van der Waals surface area contributed by atoms with Gasteiger partial charge >= 0.3 is 11.7 Å². The van der Waals surface area contributed by atoms with Crippen LogP contribution in [-0.2, 0) is 11.2 Å². The number of nitro benzene ring substituents is 1. The molecule has 0 aliphatic rings. The highest BCUT2D eigenvalue weighted by atomic mass is 28.4. The standard InChI is InChI=1S/C11H15NO5Si/c1-18(2,3)17-10-5-4-8(7-11(13)14)6-9(10)12(15)16/h4-6H,7H2,1-3H3,(H,13,14). The summed E-state index contributed by atoms with van der Waals surface area (Å²) in [5, 5.41) is 19.6. The number of carboxylic acid groups (broad SMARTS) is 1. The lowest BCUT2D eigenvalue weighted by Crippen LogP contribution is -2.29. The maximum absolute atomic E-state index is 10.9. The van der Waals surface area contributed by atoms with Crippen molar-refractivity contribution in [2.24, 2.45) is 0 Å². The Bertz CT molecular complexity index is 481. The lowest BCUT2D eigenvalue weighted by Gasteiger charge is -2.19. The Kier molecular flexibility index (Phi) is 4.07. The maximum atomic E-state index is 10.9. The number of rotatable bonds is 5. The molecule has 0 aliphatic carbocycles. The van der Waals surface area contributed by atoms with Gasteiger partial charge in [-0.25, -0.2) is 0 Å². The Labute approximate surface area is 105 Å². The predicted molar refractivity (Wildman–Crippen MR) is 68.4 cm³/mol. The van der Waals surface area contributed by atoms with Gasteiger partial charge in [0.15, 0.2) is 5.75 Å². The maximum Gasteiger partial charge on any atom is 0.309 e. The number of nitrogens with zero attached hydrogens (tertiary/aromatic N) is 1. The van der Waals surface area contributed by atoms with E-state index in [0.717, 1.165) is 0 Å². The molecule has 0 saturated carbocycles. The Morgan fingerprint density at radius 3 is 2.50 bits per heavy atom. The SMILES string of the molecule is C[Si](C)(C)Oc1ccc(CC(=O)O)cc1[N+](=O)[O-]. The van der Waals surface area contributed by atoms with Crippen LogP contribution >= 0.6 is 0 Å². The molecule has 0 radical (unpaired) electrons. The second-order valence-electron chi connectivity index (χ2n) is 4.84. The first kappa shape index (κ1) is 14.2. The average molecular weight is 269 g/mol. The predicted octanol–water partition coefficient (Wildman–Crippen LogP) is 2.44. The van der Waals surface area contributed by atoms with E-state index in [4.69, 9.17) is 9.53 Å². The van der Waals surface area contributed by atoms with Crippen molar-refractivity contribution in [3.05, 3.63) is 33.9 Å². The van der Waals surface area contributed by atoms with E-state index in [2.05, 4.69) is 0 Å². The molecule has 98 valence electrons. The summed E-state index contributed by atoms with van der Waals surface area (Å²) < 4.78 is 5.60. The minimum absolute atomic E-state index is 0.184. The average Bonchev–Trinajstić information content (AvgIpc) is 2.17. The van der Waals surface area contributed by atoms with Crippen LogP contribution in [0, 0.1) is 10.1 Å². The van der Waals surface area contributed by atoms with E-state index >= 15 is 0 Å². The van der Waals surface area contributed by atoms with E-state index in [1.54, 1.807) is 0 Å². The molecular formula is C11H15NO5Si. The van der Waals surface area contributed by atoms with E-state index in [1.165, 1.54) is 18.2 Å². The number of nitro groups is 1. The van der Waals surface area contributed by atoms with E-state index in [1.807, 2.05) is 19.6 Å². The number of carboxylic acids is 1. The number of aliphatic carboxylic acids is 1. The van der Waals surface area contributed by atoms with Crippen LogP contribution in [0.4, 0.5) is 5.69 Å². The van der Waals surface area contributed by atoms with Gasteiger partial charge in [-0.05, 0) is 31.3 Å². The minimum Gasteiger partial charge on any atom is -0.540 e. The molecular weight excluding hydrogens is 254 g/mol. The molecule has 1 rings (SSSR count). The molecule has 0 unspecified atom stereocenters. The molecule has 1 aromatic carbocycles. The summed E-state index contributed by atoms with van der Waals surface area (Å²) in [7, 11) is -1.95. The number of benzene rings is 1. The number of carbonyl (C=O) groups is 1. The molecule has 6 nitrogen and oxygen atoms in total.